The van der Waals surface area contributed by atoms with Gasteiger partial charge in [0.15, 0.2) is 0 Å². The predicted molar refractivity (Wildman–Crippen MR) is 217 cm³/mol. The van der Waals surface area contributed by atoms with Gasteiger partial charge in [0.25, 0.3) is 0 Å². The highest BCUT2D eigenvalue weighted by atomic mass is 15.2. The Morgan fingerprint density at radius 2 is 0.961 bits per heavy atom. The maximum atomic E-state index is 2.58. The average Bonchev–Trinajstić information content (AvgIpc) is 3.76. The average molecular weight is 654 g/mol. The number of rotatable bonds is 2. The van der Waals surface area contributed by atoms with Crippen LogP contribution in [0.25, 0.3) is 65.7 Å². The second-order valence-electron chi connectivity index (χ2n) is 15.9. The summed E-state index contributed by atoms with van der Waals surface area (Å²) >= 11 is 0. The zero-order valence-electron chi connectivity index (χ0n) is 29.6. The van der Waals surface area contributed by atoms with Gasteiger partial charge in [-0.05, 0) is 101 Å². The second kappa shape index (κ2) is 9.98. The first kappa shape index (κ1) is 29.1. The number of nitrogens with zero attached hydrogens (tertiary/aromatic N) is 1. The van der Waals surface area contributed by atoms with Crippen LogP contribution in [0.1, 0.15) is 55.5 Å². The Morgan fingerprint density at radius 1 is 0.431 bits per heavy atom. The first-order valence-electron chi connectivity index (χ1n) is 18.5. The van der Waals surface area contributed by atoms with Gasteiger partial charge in [0.1, 0.15) is 0 Å². The lowest BCUT2D eigenvalue weighted by atomic mass is 9.77. The third-order valence-electron chi connectivity index (χ3n) is 12.7. The van der Waals surface area contributed by atoms with Gasteiger partial charge in [-0.3, -0.25) is 0 Å². The van der Waals surface area contributed by atoms with E-state index < -0.39 is 0 Å². The topological polar surface area (TPSA) is 3.24 Å². The van der Waals surface area contributed by atoms with Crippen LogP contribution in [-0.4, -0.2) is 6.54 Å². The lowest BCUT2D eigenvalue weighted by Crippen LogP contribution is -2.16. The Kier molecular flexibility index (Phi) is 5.70. The minimum atomic E-state index is -0.143. The van der Waals surface area contributed by atoms with Crippen molar-refractivity contribution < 1.29 is 0 Å². The smallest absolute Gasteiger partial charge is 0.0570 e. The molecule has 0 aromatic heterocycles. The van der Waals surface area contributed by atoms with Crippen LogP contribution >= 0.6 is 0 Å². The number of benzene rings is 8. The van der Waals surface area contributed by atoms with E-state index >= 15 is 0 Å². The fourth-order valence-electron chi connectivity index (χ4n) is 10.3. The molecule has 0 N–H and O–H groups in total. The first-order chi connectivity index (χ1) is 24.9. The summed E-state index contributed by atoms with van der Waals surface area (Å²) in [5, 5.41) is 7.99. The maximum absolute atomic E-state index is 2.58. The van der Waals surface area contributed by atoms with E-state index in [2.05, 4.69) is 172 Å². The molecular weight excluding hydrogens is 615 g/mol. The third-order valence-corrected chi connectivity index (χ3v) is 12.7. The van der Waals surface area contributed by atoms with E-state index in [9.17, 15) is 0 Å². The van der Waals surface area contributed by atoms with Gasteiger partial charge in [0.2, 0.25) is 0 Å². The van der Waals surface area contributed by atoms with Gasteiger partial charge in [-0.2, -0.15) is 0 Å². The van der Waals surface area contributed by atoms with Crippen molar-refractivity contribution in [1.29, 1.82) is 0 Å². The Bertz CT molecular complexity index is 2740. The molecule has 3 aliphatic rings. The van der Waals surface area contributed by atoms with Gasteiger partial charge in [-0.15, -0.1) is 0 Å². The summed E-state index contributed by atoms with van der Waals surface area (Å²) in [6.07, 6.45) is 1.06. The molecule has 0 fully saturated rings. The Morgan fingerprint density at radius 3 is 1.63 bits per heavy atom. The van der Waals surface area contributed by atoms with Crippen LogP contribution in [0, 0.1) is 0 Å². The first-order valence-corrected chi connectivity index (χ1v) is 18.5. The van der Waals surface area contributed by atoms with E-state index in [4.69, 9.17) is 0 Å². The highest BCUT2D eigenvalue weighted by molar-refractivity contribution is 6.26. The van der Waals surface area contributed by atoms with E-state index in [1.807, 2.05) is 0 Å². The maximum Gasteiger partial charge on any atom is 0.0570 e. The van der Waals surface area contributed by atoms with E-state index in [-0.39, 0.29) is 10.8 Å². The van der Waals surface area contributed by atoms with Crippen LogP contribution in [0.2, 0.25) is 0 Å². The molecule has 0 atom stereocenters. The molecule has 11 rings (SSSR count). The molecule has 1 heterocycles. The van der Waals surface area contributed by atoms with Crippen LogP contribution in [0.3, 0.4) is 0 Å². The Labute approximate surface area is 299 Å². The van der Waals surface area contributed by atoms with Gasteiger partial charge in [-0.1, -0.05) is 155 Å². The molecule has 0 bridgehead atoms. The number of fused-ring (bicyclic) bond motifs is 12. The van der Waals surface area contributed by atoms with Crippen molar-refractivity contribution >= 4 is 43.7 Å². The minimum absolute atomic E-state index is 0.0797. The molecule has 0 amide bonds. The molecule has 0 saturated carbocycles. The molecule has 0 spiro atoms. The molecule has 244 valence electrons. The SMILES string of the molecule is CC1(C)c2ccccc2-c2c1ccc1c(-c3c4ccccc4c(N4CCc5ccccc54)c4ccccc34)cc3c(c21)-c1ccccc1C3(C)C. The van der Waals surface area contributed by atoms with Crippen molar-refractivity contribution in [3.8, 4) is 33.4 Å². The summed E-state index contributed by atoms with van der Waals surface area (Å²) < 4.78 is 0. The largest absolute Gasteiger partial charge is 0.340 e. The zero-order chi connectivity index (χ0) is 34.2. The number of anilines is 2. The van der Waals surface area contributed by atoms with E-state index in [0.717, 1.165) is 13.0 Å². The highest BCUT2D eigenvalue weighted by Gasteiger charge is 2.42. The van der Waals surface area contributed by atoms with Crippen molar-refractivity contribution in [2.24, 2.45) is 0 Å². The molecular formula is C50H39N. The summed E-state index contributed by atoms with van der Waals surface area (Å²) in [6, 6.07) is 53.1. The molecule has 1 nitrogen and oxygen atoms in total. The summed E-state index contributed by atoms with van der Waals surface area (Å²) in [6.45, 7) is 10.7. The summed E-state index contributed by atoms with van der Waals surface area (Å²) in [7, 11) is 0. The molecule has 1 aliphatic heterocycles. The summed E-state index contributed by atoms with van der Waals surface area (Å²) in [5.41, 5.74) is 17.8. The van der Waals surface area contributed by atoms with Gasteiger partial charge in [0.05, 0.1) is 5.69 Å². The van der Waals surface area contributed by atoms with Crippen LogP contribution in [0.5, 0.6) is 0 Å². The Hall–Kier alpha value is -5.66. The predicted octanol–water partition coefficient (Wildman–Crippen LogP) is 13.1. The van der Waals surface area contributed by atoms with Crippen molar-refractivity contribution in [2.75, 3.05) is 11.4 Å². The summed E-state index contributed by atoms with van der Waals surface area (Å²) in [4.78, 5) is 2.58. The van der Waals surface area contributed by atoms with Crippen LogP contribution in [0.15, 0.2) is 140 Å². The fourth-order valence-corrected chi connectivity index (χ4v) is 10.3. The van der Waals surface area contributed by atoms with Crippen LogP contribution in [-0.2, 0) is 17.3 Å². The van der Waals surface area contributed by atoms with Crippen molar-refractivity contribution in [1.82, 2.24) is 0 Å². The number of para-hydroxylation sites is 1. The van der Waals surface area contributed by atoms with Crippen LogP contribution < -0.4 is 4.90 Å². The van der Waals surface area contributed by atoms with Crippen molar-refractivity contribution in [3.05, 3.63) is 167 Å². The third kappa shape index (κ3) is 3.66. The Balaban J connectivity index is 1.32. The normalized spacial score (nSPS) is 16.0. The van der Waals surface area contributed by atoms with Crippen molar-refractivity contribution in [2.45, 2.75) is 44.9 Å². The lowest BCUT2D eigenvalue weighted by molar-refractivity contribution is 0.660. The van der Waals surface area contributed by atoms with E-state index in [1.54, 1.807) is 0 Å². The molecule has 1 heteroatoms. The van der Waals surface area contributed by atoms with Crippen molar-refractivity contribution in [3.63, 3.8) is 0 Å². The highest BCUT2D eigenvalue weighted by Crippen LogP contribution is 2.60. The molecule has 0 radical (unpaired) electrons. The molecule has 8 aromatic carbocycles. The van der Waals surface area contributed by atoms with Crippen LogP contribution in [0.4, 0.5) is 11.4 Å². The quantitative estimate of drug-likeness (QED) is 0.168. The molecule has 51 heavy (non-hydrogen) atoms. The molecule has 2 aliphatic carbocycles. The van der Waals surface area contributed by atoms with Gasteiger partial charge in [0, 0.05) is 33.8 Å². The molecule has 0 saturated heterocycles. The van der Waals surface area contributed by atoms with E-state index in [1.165, 1.54) is 105 Å². The lowest BCUT2D eigenvalue weighted by Gasteiger charge is -2.28. The fraction of sp³-hybridized carbons (Fsp3) is 0.160. The number of hydrogen-bond donors (Lipinski definition) is 0. The monoisotopic (exact) mass is 653 g/mol. The molecule has 8 aromatic rings. The molecule has 0 unspecified atom stereocenters. The van der Waals surface area contributed by atoms with Gasteiger partial charge in [-0.25, -0.2) is 0 Å². The standard InChI is InChI=1S/C50H39N/c1-49(2)39-22-12-10-20-36(39)45-41(49)26-25-33-38(29-42-46(47(33)45)37-21-11-13-23-40(37)50(42,3)4)44-31-16-6-8-18-34(31)48(35-19-9-7-17-32(35)44)51-28-27-30-15-5-14-24-43(30)51/h5-26,29H,27-28H2,1-4H3. The van der Waals surface area contributed by atoms with Gasteiger partial charge < -0.3 is 4.90 Å². The van der Waals surface area contributed by atoms with E-state index in [0.29, 0.717) is 0 Å². The second-order valence-corrected chi connectivity index (χ2v) is 15.9. The summed E-state index contributed by atoms with van der Waals surface area (Å²) in [5.74, 6) is 0. The zero-order valence-corrected chi connectivity index (χ0v) is 29.6. The van der Waals surface area contributed by atoms with Gasteiger partial charge >= 0.3 is 0 Å². The minimum Gasteiger partial charge on any atom is -0.340 e. The number of hydrogen-bond acceptors (Lipinski definition) is 1.